The number of nitrogens with one attached hydrogen (secondary N) is 4. The molecule has 2 aromatic heterocycles. The maximum absolute atomic E-state index is 9.33. The van der Waals surface area contributed by atoms with Gasteiger partial charge in [-0.2, -0.15) is 4.98 Å². The molecule has 7 nitrogen and oxygen atoms in total. The number of aromatic nitrogens is 4. The topological polar surface area (TPSA) is 100 Å². The van der Waals surface area contributed by atoms with E-state index in [1.54, 1.807) is 13.3 Å². The van der Waals surface area contributed by atoms with Gasteiger partial charge in [-0.3, -0.25) is 4.98 Å². The van der Waals surface area contributed by atoms with Crippen molar-refractivity contribution in [2.45, 2.75) is 58.1 Å². The Balaban J connectivity index is 1.59. The number of aromatic amines is 2. The molecule has 1 aliphatic rings. The van der Waals surface area contributed by atoms with Crippen LogP contribution in [0.15, 0.2) is 24.5 Å². The number of aliphatic hydroxyl groups excluding tert-OH is 1. The van der Waals surface area contributed by atoms with Gasteiger partial charge in [0.1, 0.15) is 6.10 Å². The van der Waals surface area contributed by atoms with Gasteiger partial charge in [0.25, 0.3) is 0 Å². The minimum atomic E-state index is -0.638. The molecule has 1 unspecified atom stereocenters. The van der Waals surface area contributed by atoms with Crippen molar-refractivity contribution in [1.29, 1.82) is 0 Å². The molecule has 1 atom stereocenters. The summed E-state index contributed by atoms with van der Waals surface area (Å²) < 4.78 is 0. The Morgan fingerprint density at radius 2 is 2.07 bits per heavy atom. The lowest BCUT2D eigenvalue weighted by Gasteiger charge is -2.23. The molecule has 5 N–H and O–H groups in total. The molecular formula is C22H27N6O+. The molecule has 29 heavy (non-hydrogen) atoms. The maximum Gasteiger partial charge on any atom is 0.307 e. The molecule has 0 spiro atoms. The van der Waals surface area contributed by atoms with E-state index in [1.807, 2.05) is 25.1 Å². The maximum atomic E-state index is 9.33. The third-order valence-corrected chi connectivity index (χ3v) is 5.18. The Bertz CT molecular complexity index is 1060. The lowest BCUT2D eigenvalue weighted by Crippen LogP contribution is -2.23. The lowest BCUT2D eigenvalue weighted by atomic mass is 9.95. The summed E-state index contributed by atoms with van der Waals surface area (Å²) in [6.45, 7) is 3.66. The first kappa shape index (κ1) is 19.2. The number of aliphatic hydroxyl groups is 1. The summed E-state index contributed by atoms with van der Waals surface area (Å²) in [6.07, 6.45) is 7.32. The first-order valence-electron chi connectivity index (χ1n) is 10.2. The van der Waals surface area contributed by atoms with Crippen LogP contribution in [-0.4, -0.2) is 32.2 Å². The number of fused-ring (bicyclic) bond motifs is 1. The highest BCUT2D eigenvalue weighted by molar-refractivity contribution is 5.82. The van der Waals surface area contributed by atoms with Gasteiger partial charge in [-0.25, -0.2) is 4.98 Å². The van der Waals surface area contributed by atoms with Gasteiger partial charge in [0.2, 0.25) is 5.52 Å². The van der Waals surface area contributed by atoms with Gasteiger partial charge < -0.3 is 15.7 Å². The Morgan fingerprint density at radius 3 is 2.83 bits per heavy atom. The average molecular weight is 391 g/mol. The molecule has 1 fully saturated rings. The molecule has 0 bridgehead atoms. The minimum absolute atomic E-state index is 0.450. The zero-order chi connectivity index (χ0) is 20.2. The Kier molecular flexibility index (Phi) is 5.63. The van der Waals surface area contributed by atoms with Crippen LogP contribution in [0, 0.1) is 18.8 Å². The molecule has 1 aliphatic carbocycles. The molecule has 0 saturated heterocycles. The highest BCUT2D eigenvalue weighted by Gasteiger charge is 2.20. The largest absolute Gasteiger partial charge is 0.381 e. The van der Waals surface area contributed by atoms with E-state index in [0.29, 0.717) is 12.0 Å². The molecule has 0 radical (unpaired) electrons. The zero-order valence-electron chi connectivity index (χ0n) is 16.8. The first-order chi connectivity index (χ1) is 14.1. The Morgan fingerprint density at radius 1 is 1.24 bits per heavy atom. The fourth-order valence-corrected chi connectivity index (χ4v) is 3.67. The normalized spacial score (nSPS) is 15.6. The number of benzene rings is 1. The molecule has 1 saturated carbocycles. The second-order valence-corrected chi connectivity index (χ2v) is 7.63. The van der Waals surface area contributed by atoms with Crippen LogP contribution in [-0.2, 0) is 0 Å². The van der Waals surface area contributed by atoms with Crippen molar-refractivity contribution in [3.05, 3.63) is 35.7 Å². The van der Waals surface area contributed by atoms with Gasteiger partial charge in [0, 0.05) is 17.3 Å². The number of nitrogens with zero attached hydrogens (tertiary/aromatic N) is 2. The van der Waals surface area contributed by atoms with Gasteiger partial charge in [0.05, 0.1) is 0 Å². The van der Waals surface area contributed by atoms with Gasteiger partial charge >= 0.3 is 11.6 Å². The molecule has 0 amide bonds. The molecule has 7 heteroatoms. The minimum Gasteiger partial charge on any atom is -0.381 e. The molecule has 4 rings (SSSR count). The summed E-state index contributed by atoms with van der Waals surface area (Å²) in [4.78, 5) is 15.7. The van der Waals surface area contributed by atoms with Crippen molar-refractivity contribution in [2.75, 3.05) is 10.6 Å². The quantitative estimate of drug-likeness (QED) is 0.511. The fraction of sp³-hybridized carbons (Fsp3) is 0.409. The van der Waals surface area contributed by atoms with E-state index in [2.05, 4.69) is 37.4 Å². The molecule has 1 aromatic carbocycles. The van der Waals surface area contributed by atoms with Crippen LogP contribution in [0.4, 0.5) is 17.5 Å². The van der Waals surface area contributed by atoms with Crippen molar-refractivity contribution in [1.82, 2.24) is 15.0 Å². The highest BCUT2D eigenvalue weighted by Crippen LogP contribution is 2.26. The van der Waals surface area contributed by atoms with Crippen LogP contribution >= 0.6 is 0 Å². The Hall–Kier alpha value is -3.11. The molecular weight excluding hydrogens is 364 g/mol. The van der Waals surface area contributed by atoms with Gasteiger partial charge in [0.15, 0.2) is 12.1 Å². The molecule has 0 aliphatic heterocycles. The van der Waals surface area contributed by atoms with Crippen molar-refractivity contribution >= 4 is 28.6 Å². The summed E-state index contributed by atoms with van der Waals surface area (Å²) in [7, 11) is 0. The van der Waals surface area contributed by atoms with Crippen LogP contribution in [0.3, 0.4) is 0 Å². The molecule has 2 heterocycles. The van der Waals surface area contributed by atoms with Crippen LogP contribution < -0.4 is 15.6 Å². The number of imidazole rings is 1. The Labute approximate surface area is 170 Å². The van der Waals surface area contributed by atoms with Crippen molar-refractivity contribution in [3.8, 4) is 11.8 Å². The van der Waals surface area contributed by atoms with E-state index < -0.39 is 6.10 Å². The second-order valence-electron chi connectivity index (χ2n) is 7.63. The van der Waals surface area contributed by atoms with Crippen LogP contribution in [0.2, 0.25) is 0 Å². The van der Waals surface area contributed by atoms with E-state index >= 15 is 0 Å². The first-order valence-corrected chi connectivity index (χ1v) is 10.2. The van der Waals surface area contributed by atoms with Crippen LogP contribution in [0.5, 0.6) is 0 Å². The molecule has 150 valence electrons. The molecule has 3 aromatic rings. The second kappa shape index (κ2) is 8.50. The summed E-state index contributed by atoms with van der Waals surface area (Å²) in [5.41, 5.74) is 4.47. The number of hydrogen-bond donors (Lipinski definition) is 4. The third kappa shape index (κ3) is 4.66. The van der Waals surface area contributed by atoms with E-state index in [9.17, 15) is 5.11 Å². The van der Waals surface area contributed by atoms with E-state index in [0.717, 1.165) is 33.8 Å². The van der Waals surface area contributed by atoms with Crippen LogP contribution in [0.1, 0.15) is 50.2 Å². The monoisotopic (exact) mass is 391 g/mol. The number of hydrogen-bond acceptors (Lipinski definition) is 5. The number of anilines is 3. The van der Waals surface area contributed by atoms with Gasteiger partial charge in [-0.15, -0.1) is 0 Å². The number of aryl methyl sites for hydroxylation is 1. The van der Waals surface area contributed by atoms with Gasteiger partial charge in [-0.05, 0) is 50.5 Å². The SMILES string of the molecule is Cc1cc(C#CC(C)O)ccc1Nc1nc(NC2CCCCC2)c2[nH]c[nH+]c2n1. The van der Waals surface area contributed by atoms with Crippen molar-refractivity contribution in [2.24, 2.45) is 0 Å². The van der Waals surface area contributed by atoms with Crippen molar-refractivity contribution < 1.29 is 10.1 Å². The number of H-pyrrole nitrogens is 2. The van der Waals surface area contributed by atoms with Gasteiger partial charge in [-0.1, -0.05) is 36.1 Å². The summed E-state index contributed by atoms with van der Waals surface area (Å²) >= 11 is 0. The zero-order valence-corrected chi connectivity index (χ0v) is 16.8. The lowest BCUT2D eigenvalue weighted by molar-refractivity contribution is -0.347. The summed E-state index contributed by atoms with van der Waals surface area (Å²) in [6, 6.07) is 6.32. The standard InChI is InChI=1S/C22H26N6O/c1-14-12-16(9-8-15(2)29)10-11-18(14)26-22-27-20-19(23-13-24-20)21(28-22)25-17-6-4-3-5-7-17/h10-13,15,17,29H,3-7H2,1-2H3,(H3,23,24,25,26,27,28)/p+1. The highest BCUT2D eigenvalue weighted by atomic mass is 16.3. The van der Waals surface area contributed by atoms with Crippen molar-refractivity contribution in [3.63, 3.8) is 0 Å². The smallest absolute Gasteiger partial charge is 0.307 e. The van der Waals surface area contributed by atoms with Crippen LogP contribution in [0.25, 0.3) is 11.2 Å². The predicted molar refractivity (Wildman–Crippen MR) is 114 cm³/mol. The summed E-state index contributed by atoms with van der Waals surface area (Å²) in [5.74, 6) is 7.10. The fourth-order valence-electron chi connectivity index (χ4n) is 3.67. The predicted octanol–water partition coefficient (Wildman–Crippen LogP) is 3.30. The number of rotatable bonds is 4. The van der Waals surface area contributed by atoms with E-state index in [4.69, 9.17) is 4.98 Å². The summed E-state index contributed by atoms with van der Waals surface area (Å²) in [5, 5.41) is 16.3. The van der Waals surface area contributed by atoms with E-state index in [1.165, 1.54) is 32.1 Å². The third-order valence-electron chi connectivity index (χ3n) is 5.18. The van der Waals surface area contributed by atoms with E-state index in [-0.39, 0.29) is 0 Å². The average Bonchev–Trinajstić information content (AvgIpc) is 3.18.